The van der Waals surface area contributed by atoms with Crippen molar-refractivity contribution >= 4 is 0 Å². The van der Waals surface area contributed by atoms with E-state index in [1.807, 2.05) is 30.4 Å². The molecule has 2 nitrogen and oxygen atoms in total. The number of hydrogen-bond acceptors (Lipinski definition) is 2. The molecule has 0 amide bonds. The molecular weight excluding hydrogens is 340 g/mol. The zero-order valence-corrected chi connectivity index (χ0v) is 16.9. The Hall–Kier alpha value is -2.32. The molecule has 0 unspecified atom stereocenters. The average Bonchev–Trinajstić information content (AvgIpc) is 2.77. The summed E-state index contributed by atoms with van der Waals surface area (Å²) in [7, 11) is 0. The number of hydrogen-bond donors (Lipinski definition) is 0. The van der Waals surface area contributed by atoms with Crippen molar-refractivity contribution in [1.29, 1.82) is 10.5 Å². The molecule has 0 atom stereocenters. The predicted octanol–water partition coefficient (Wildman–Crippen LogP) is 7.05. The first-order valence-corrected chi connectivity index (χ1v) is 11.0. The van der Waals surface area contributed by atoms with Crippen molar-refractivity contribution < 1.29 is 0 Å². The van der Waals surface area contributed by atoms with Gasteiger partial charge in [-0.15, -0.1) is 0 Å². The quantitative estimate of drug-likeness (QED) is 0.396. The largest absolute Gasteiger partial charge is 0.193 e. The van der Waals surface area contributed by atoms with Crippen molar-refractivity contribution in [2.45, 2.75) is 70.1 Å². The summed E-state index contributed by atoms with van der Waals surface area (Å²) >= 11 is 0. The fraction of sp³-hybridized carbons (Fsp3) is 0.538. The van der Waals surface area contributed by atoms with Crippen LogP contribution in [0.4, 0.5) is 0 Å². The second kappa shape index (κ2) is 10.9. The highest BCUT2D eigenvalue weighted by atomic mass is 14.4. The van der Waals surface area contributed by atoms with Crippen LogP contribution in [0.25, 0.3) is 0 Å². The first kappa shape index (κ1) is 20.4. The SMILES string of the molecule is N#CC=CC=CCC[C@H]1CC[C@H]([C@H]2CC[C@H](c3ccc(C#N)cc3)CC2)CC1. The van der Waals surface area contributed by atoms with E-state index in [1.54, 1.807) is 0 Å². The Kier molecular flexibility index (Phi) is 7.93. The fourth-order valence-corrected chi connectivity index (χ4v) is 5.31. The van der Waals surface area contributed by atoms with Gasteiger partial charge >= 0.3 is 0 Å². The molecule has 2 heteroatoms. The van der Waals surface area contributed by atoms with Gasteiger partial charge in [-0.05, 0) is 92.7 Å². The lowest BCUT2D eigenvalue weighted by atomic mass is 9.68. The van der Waals surface area contributed by atoms with Crippen LogP contribution in [0.15, 0.2) is 48.6 Å². The van der Waals surface area contributed by atoms with Gasteiger partial charge in [0.15, 0.2) is 0 Å². The van der Waals surface area contributed by atoms with E-state index >= 15 is 0 Å². The molecule has 3 rings (SSSR count). The molecule has 0 bridgehead atoms. The van der Waals surface area contributed by atoms with Crippen molar-refractivity contribution in [3.05, 3.63) is 59.7 Å². The van der Waals surface area contributed by atoms with Gasteiger partial charge in [-0.25, -0.2) is 0 Å². The number of allylic oxidation sites excluding steroid dienone is 4. The first-order chi connectivity index (χ1) is 13.8. The summed E-state index contributed by atoms with van der Waals surface area (Å²) in [6.45, 7) is 0. The highest BCUT2D eigenvalue weighted by molar-refractivity contribution is 5.33. The van der Waals surface area contributed by atoms with E-state index in [4.69, 9.17) is 10.5 Å². The molecule has 0 aromatic heterocycles. The Morgan fingerprint density at radius 1 is 0.821 bits per heavy atom. The van der Waals surface area contributed by atoms with Gasteiger partial charge in [0.1, 0.15) is 0 Å². The third-order valence-corrected chi connectivity index (χ3v) is 7.00. The molecule has 0 radical (unpaired) electrons. The molecule has 0 N–H and O–H groups in total. The van der Waals surface area contributed by atoms with Gasteiger partial charge in [0.25, 0.3) is 0 Å². The fourth-order valence-electron chi connectivity index (χ4n) is 5.31. The van der Waals surface area contributed by atoms with E-state index in [2.05, 4.69) is 24.3 Å². The Bertz CT molecular complexity index is 728. The van der Waals surface area contributed by atoms with Gasteiger partial charge in [0.2, 0.25) is 0 Å². The number of nitrogens with zero attached hydrogens (tertiary/aromatic N) is 2. The van der Waals surface area contributed by atoms with E-state index in [-0.39, 0.29) is 0 Å². The zero-order valence-electron chi connectivity index (χ0n) is 16.9. The lowest BCUT2D eigenvalue weighted by molar-refractivity contribution is 0.157. The summed E-state index contributed by atoms with van der Waals surface area (Å²) in [4.78, 5) is 0. The van der Waals surface area contributed by atoms with Gasteiger partial charge < -0.3 is 0 Å². The third kappa shape index (κ3) is 5.84. The highest BCUT2D eigenvalue weighted by Crippen LogP contribution is 2.44. The zero-order chi connectivity index (χ0) is 19.6. The maximum absolute atomic E-state index is 8.96. The standard InChI is InChI=1S/C26H32N2/c27-19-5-3-1-2-4-6-21-7-11-23(12-8-21)25-15-17-26(18-16-25)24-13-9-22(20-28)10-14-24/h1-3,5,9-10,13-14,21,23,25-26H,4,6-8,11-12,15-18H2/t21-,23-,25-,26-. The third-order valence-electron chi connectivity index (χ3n) is 7.00. The molecular formula is C26H32N2. The second-order valence-corrected chi connectivity index (χ2v) is 8.62. The molecule has 146 valence electrons. The number of rotatable bonds is 6. The molecule has 2 fully saturated rings. The van der Waals surface area contributed by atoms with Crippen molar-refractivity contribution in [3.63, 3.8) is 0 Å². The van der Waals surface area contributed by atoms with E-state index in [9.17, 15) is 0 Å². The molecule has 1 aromatic carbocycles. The molecule has 2 aliphatic rings. The van der Waals surface area contributed by atoms with Gasteiger partial charge in [0.05, 0.1) is 17.7 Å². The summed E-state index contributed by atoms with van der Waals surface area (Å²) in [5.41, 5.74) is 2.20. The molecule has 0 aliphatic heterocycles. The van der Waals surface area contributed by atoms with Crippen molar-refractivity contribution in [2.24, 2.45) is 17.8 Å². The molecule has 0 spiro atoms. The van der Waals surface area contributed by atoms with Crippen LogP contribution in [0.2, 0.25) is 0 Å². The predicted molar refractivity (Wildman–Crippen MR) is 114 cm³/mol. The lowest BCUT2D eigenvalue weighted by Crippen LogP contribution is -2.25. The summed E-state index contributed by atoms with van der Waals surface area (Å²) in [6.07, 6.45) is 21.1. The highest BCUT2D eigenvalue weighted by Gasteiger charge is 2.31. The Morgan fingerprint density at radius 3 is 2.07 bits per heavy atom. The van der Waals surface area contributed by atoms with Crippen LogP contribution in [-0.2, 0) is 0 Å². The van der Waals surface area contributed by atoms with Crippen LogP contribution >= 0.6 is 0 Å². The van der Waals surface area contributed by atoms with Gasteiger partial charge in [-0.1, -0.05) is 43.2 Å². The molecule has 1 aromatic rings. The Balaban J connectivity index is 1.37. The van der Waals surface area contributed by atoms with Gasteiger partial charge in [-0.3, -0.25) is 0 Å². The topological polar surface area (TPSA) is 47.6 Å². The van der Waals surface area contributed by atoms with Crippen LogP contribution in [0, 0.1) is 40.4 Å². The Morgan fingerprint density at radius 2 is 1.46 bits per heavy atom. The minimum atomic E-state index is 0.696. The van der Waals surface area contributed by atoms with E-state index < -0.39 is 0 Å². The van der Waals surface area contributed by atoms with Gasteiger partial charge in [-0.2, -0.15) is 10.5 Å². The maximum Gasteiger partial charge on any atom is 0.0991 e. The van der Waals surface area contributed by atoms with E-state index in [0.717, 1.165) is 29.7 Å². The average molecular weight is 373 g/mol. The van der Waals surface area contributed by atoms with Crippen LogP contribution in [0.1, 0.15) is 81.3 Å². The molecule has 0 saturated heterocycles. The van der Waals surface area contributed by atoms with Gasteiger partial charge in [0, 0.05) is 6.08 Å². The summed E-state index contributed by atoms with van der Waals surface area (Å²) in [5.74, 6) is 3.48. The van der Waals surface area contributed by atoms with Crippen LogP contribution in [0.5, 0.6) is 0 Å². The summed E-state index contributed by atoms with van der Waals surface area (Å²) in [5, 5.41) is 17.4. The van der Waals surface area contributed by atoms with Crippen molar-refractivity contribution in [1.82, 2.24) is 0 Å². The van der Waals surface area contributed by atoms with Crippen LogP contribution < -0.4 is 0 Å². The molecule has 28 heavy (non-hydrogen) atoms. The Labute approximate surface area is 170 Å². The second-order valence-electron chi connectivity index (χ2n) is 8.62. The van der Waals surface area contributed by atoms with Crippen LogP contribution in [-0.4, -0.2) is 0 Å². The number of benzene rings is 1. The molecule has 0 heterocycles. The lowest BCUT2D eigenvalue weighted by Gasteiger charge is -2.38. The normalized spacial score (nSPS) is 28.2. The van der Waals surface area contributed by atoms with Crippen molar-refractivity contribution in [3.8, 4) is 12.1 Å². The van der Waals surface area contributed by atoms with E-state index in [0.29, 0.717) is 5.92 Å². The summed E-state index contributed by atoms with van der Waals surface area (Å²) < 4.78 is 0. The van der Waals surface area contributed by atoms with E-state index in [1.165, 1.54) is 69.4 Å². The molecule has 2 aliphatic carbocycles. The minimum absolute atomic E-state index is 0.696. The smallest absolute Gasteiger partial charge is 0.0991 e. The number of nitriles is 2. The van der Waals surface area contributed by atoms with Crippen LogP contribution in [0.3, 0.4) is 0 Å². The first-order valence-electron chi connectivity index (χ1n) is 11.0. The summed E-state index contributed by atoms with van der Waals surface area (Å²) in [6, 6.07) is 12.5. The van der Waals surface area contributed by atoms with Crippen molar-refractivity contribution in [2.75, 3.05) is 0 Å². The maximum atomic E-state index is 8.96. The monoisotopic (exact) mass is 372 g/mol. The minimum Gasteiger partial charge on any atom is -0.193 e. The molecule has 2 saturated carbocycles.